The molecule has 1 spiro atoms. The molecule has 5 rings (SSSR count). The molecule has 1 atom stereocenters. The summed E-state index contributed by atoms with van der Waals surface area (Å²) < 4.78 is 12.5. The summed E-state index contributed by atoms with van der Waals surface area (Å²) in [5.41, 5.74) is 1.83. The molecule has 0 radical (unpaired) electrons. The number of hydrogen-bond acceptors (Lipinski definition) is 4. The van der Waals surface area contributed by atoms with Crippen LogP contribution in [0.3, 0.4) is 0 Å². The molecule has 5 heteroatoms. The van der Waals surface area contributed by atoms with Gasteiger partial charge in [0.05, 0.1) is 17.6 Å². The molecule has 1 unspecified atom stereocenters. The minimum absolute atomic E-state index is 0.116. The molecule has 1 saturated carbocycles. The van der Waals surface area contributed by atoms with E-state index in [1.165, 1.54) is 5.56 Å². The van der Waals surface area contributed by atoms with E-state index >= 15 is 0 Å². The number of pyridine rings is 1. The highest BCUT2D eigenvalue weighted by atomic mass is 16.5. The number of nitrogens with zero attached hydrogens (tertiary/aromatic N) is 2. The molecule has 2 aromatic rings. The summed E-state index contributed by atoms with van der Waals surface area (Å²) in [4.78, 5) is 20.3. The fraction of sp³-hybridized carbons (Fsp3) is 0.556. The maximum Gasteiger partial charge on any atom is 0.233 e. The Kier molecular flexibility index (Phi) is 5.93. The lowest BCUT2D eigenvalue weighted by Crippen LogP contribution is -2.55. The van der Waals surface area contributed by atoms with Gasteiger partial charge in [-0.05, 0) is 49.8 Å². The van der Waals surface area contributed by atoms with Crippen molar-refractivity contribution in [1.29, 1.82) is 0 Å². The maximum absolute atomic E-state index is 13.8. The third-order valence-corrected chi connectivity index (χ3v) is 7.78. The molecule has 3 fully saturated rings. The van der Waals surface area contributed by atoms with Gasteiger partial charge in [-0.1, -0.05) is 43.2 Å². The van der Waals surface area contributed by atoms with E-state index < -0.39 is 0 Å². The molecule has 5 nitrogen and oxygen atoms in total. The molecule has 3 aliphatic rings. The average molecular weight is 435 g/mol. The zero-order valence-corrected chi connectivity index (χ0v) is 19.1. The Morgan fingerprint density at radius 1 is 1.09 bits per heavy atom. The molecule has 170 valence electrons. The lowest BCUT2D eigenvalue weighted by atomic mass is 9.76. The average Bonchev–Trinajstić information content (AvgIpc) is 3.31. The highest BCUT2D eigenvalue weighted by Crippen LogP contribution is 2.44. The number of benzene rings is 1. The number of rotatable bonds is 4. The van der Waals surface area contributed by atoms with Crippen LogP contribution >= 0.6 is 0 Å². The molecular weight excluding hydrogens is 400 g/mol. The van der Waals surface area contributed by atoms with Crippen molar-refractivity contribution >= 4 is 5.91 Å². The normalized spacial score (nSPS) is 24.4. The Bertz CT molecular complexity index is 931. The van der Waals surface area contributed by atoms with Gasteiger partial charge in [0.25, 0.3) is 0 Å². The number of carbonyl (C=O) groups is 1. The number of carbonyl (C=O) groups excluding carboxylic acids is 1. The van der Waals surface area contributed by atoms with Crippen LogP contribution < -0.4 is 4.74 Å². The SMILES string of the molecule is Cc1ccnc(OC2CCOC3(CCN(C(=O)C4(c5ccccc5)CCCC4)CC3)C2)c1. The molecule has 1 aromatic carbocycles. The van der Waals surface area contributed by atoms with Crippen molar-refractivity contribution in [2.24, 2.45) is 0 Å². The first-order chi connectivity index (χ1) is 15.6. The molecule has 2 aliphatic heterocycles. The van der Waals surface area contributed by atoms with E-state index in [9.17, 15) is 4.79 Å². The molecule has 1 aliphatic carbocycles. The van der Waals surface area contributed by atoms with Crippen LogP contribution in [0.15, 0.2) is 48.7 Å². The van der Waals surface area contributed by atoms with Crippen molar-refractivity contribution in [3.8, 4) is 5.88 Å². The Labute approximate surface area is 191 Å². The molecule has 32 heavy (non-hydrogen) atoms. The summed E-state index contributed by atoms with van der Waals surface area (Å²) in [5, 5.41) is 0. The first-order valence-corrected chi connectivity index (χ1v) is 12.2. The predicted molar refractivity (Wildman–Crippen MR) is 124 cm³/mol. The Morgan fingerprint density at radius 3 is 2.56 bits per heavy atom. The van der Waals surface area contributed by atoms with E-state index in [2.05, 4.69) is 41.1 Å². The van der Waals surface area contributed by atoms with Gasteiger partial charge in [0.1, 0.15) is 6.10 Å². The number of piperidine rings is 1. The van der Waals surface area contributed by atoms with E-state index in [1.54, 1.807) is 6.20 Å². The number of ether oxygens (including phenoxy) is 2. The second-order valence-corrected chi connectivity index (χ2v) is 9.88. The van der Waals surface area contributed by atoms with Gasteiger partial charge in [0.15, 0.2) is 0 Å². The van der Waals surface area contributed by atoms with Crippen molar-refractivity contribution in [2.45, 2.75) is 75.4 Å². The molecule has 0 bridgehead atoms. The predicted octanol–water partition coefficient (Wildman–Crippen LogP) is 4.82. The number of amides is 1. The summed E-state index contributed by atoms with van der Waals surface area (Å²) in [6, 6.07) is 14.4. The molecule has 1 amide bonds. The van der Waals surface area contributed by atoms with Crippen LogP contribution in [0.25, 0.3) is 0 Å². The van der Waals surface area contributed by atoms with Gasteiger partial charge in [-0.2, -0.15) is 0 Å². The van der Waals surface area contributed by atoms with Gasteiger partial charge < -0.3 is 14.4 Å². The van der Waals surface area contributed by atoms with Gasteiger partial charge >= 0.3 is 0 Å². The second kappa shape index (κ2) is 8.86. The summed E-state index contributed by atoms with van der Waals surface area (Å²) in [7, 11) is 0. The molecule has 0 N–H and O–H groups in total. The van der Waals surface area contributed by atoms with Crippen molar-refractivity contribution < 1.29 is 14.3 Å². The Balaban J connectivity index is 1.24. The first kappa shape index (κ1) is 21.4. The smallest absolute Gasteiger partial charge is 0.233 e. The minimum atomic E-state index is -0.332. The van der Waals surface area contributed by atoms with Crippen LogP contribution in [0.4, 0.5) is 0 Å². The van der Waals surface area contributed by atoms with E-state index in [0.717, 1.165) is 70.0 Å². The van der Waals surface area contributed by atoms with Gasteiger partial charge in [-0.15, -0.1) is 0 Å². The summed E-state index contributed by atoms with van der Waals surface area (Å²) >= 11 is 0. The first-order valence-electron chi connectivity index (χ1n) is 12.2. The maximum atomic E-state index is 13.8. The van der Waals surface area contributed by atoms with E-state index in [4.69, 9.17) is 9.47 Å². The molecular formula is C27H34N2O3. The summed E-state index contributed by atoms with van der Waals surface area (Å²) in [5.74, 6) is 1.02. The topological polar surface area (TPSA) is 51.7 Å². The van der Waals surface area contributed by atoms with Crippen LogP contribution in [-0.2, 0) is 14.9 Å². The fourth-order valence-corrected chi connectivity index (χ4v) is 5.96. The van der Waals surface area contributed by atoms with Crippen molar-refractivity contribution in [1.82, 2.24) is 9.88 Å². The van der Waals surface area contributed by atoms with Crippen molar-refractivity contribution in [3.05, 3.63) is 59.8 Å². The monoisotopic (exact) mass is 434 g/mol. The third kappa shape index (κ3) is 4.15. The van der Waals surface area contributed by atoms with E-state index in [1.807, 2.05) is 18.2 Å². The van der Waals surface area contributed by atoms with Crippen molar-refractivity contribution in [3.63, 3.8) is 0 Å². The van der Waals surface area contributed by atoms with Gasteiger partial charge in [-0.25, -0.2) is 4.98 Å². The lowest BCUT2D eigenvalue weighted by molar-refractivity contribution is -0.155. The largest absolute Gasteiger partial charge is 0.474 e. The van der Waals surface area contributed by atoms with Crippen LogP contribution in [0.2, 0.25) is 0 Å². The fourth-order valence-electron chi connectivity index (χ4n) is 5.96. The van der Waals surface area contributed by atoms with Crippen LogP contribution in [0.1, 0.15) is 62.5 Å². The standard InChI is InChI=1S/C27H34N2O3/c1-21-9-15-28-24(19-21)32-23-10-18-31-26(20-23)13-16-29(17-14-26)25(30)27(11-5-6-12-27)22-7-3-2-4-8-22/h2-4,7-9,15,19,23H,5-6,10-14,16-18,20H2,1H3. The van der Waals surface area contributed by atoms with Crippen LogP contribution in [0.5, 0.6) is 5.88 Å². The molecule has 1 aromatic heterocycles. The second-order valence-electron chi connectivity index (χ2n) is 9.88. The number of hydrogen-bond donors (Lipinski definition) is 0. The highest BCUT2D eigenvalue weighted by molar-refractivity contribution is 5.88. The van der Waals surface area contributed by atoms with Crippen LogP contribution in [-0.4, -0.2) is 47.2 Å². The highest BCUT2D eigenvalue weighted by Gasteiger charge is 2.48. The minimum Gasteiger partial charge on any atom is -0.474 e. The summed E-state index contributed by atoms with van der Waals surface area (Å²) in [6.45, 7) is 4.29. The van der Waals surface area contributed by atoms with Crippen LogP contribution in [0, 0.1) is 6.92 Å². The number of aromatic nitrogens is 1. The van der Waals surface area contributed by atoms with Gasteiger partial charge in [0.2, 0.25) is 11.8 Å². The zero-order chi connectivity index (χ0) is 22.0. The quantitative estimate of drug-likeness (QED) is 0.692. The Morgan fingerprint density at radius 2 is 1.84 bits per heavy atom. The van der Waals surface area contributed by atoms with Gasteiger partial charge in [-0.3, -0.25) is 4.79 Å². The third-order valence-electron chi connectivity index (χ3n) is 7.78. The lowest BCUT2D eigenvalue weighted by Gasteiger charge is -2.47. The van der Waals surface area contributed by atoms with E-state index in [-0.39, 0.29) is 17.1 Å². The van der Waals surface area contributed by atoms with Gasteiger partial charge in [0, 0.05) is 38.2 Å². The van der Waals surface area contributed by atoms with E-state index in [0.29, 0.717) is 18.4 Å². The number of aryl methyl sites for hydroxylation is 1. The molecule has 3 heterocycles. The Hall–Kier alpha value is -2.40. The zero-order valence-electron chi connectivity index (χ0n) is 19.1. The number of likely N-dealkylation sites (tertiary alicyclic amines) is 1. The summed E-state index contributed by atoms with van der Waals surface area (Å²) in [6.07, 6.45) is 9.63. The van der Waals surface area contributed by atoms with Crippen molar-refractivity contribution in [2.75, 3.05) is 19.7 Å². The molecule has 2 saturated heterocycles.